The number of methoxy groups -OCH3 is 1. The maximum Gasteiger partial charge on any atom is 0.322 e. The maximum atomic E-state index is 10.8. The highest BCUT2D eigenvalue weighted by Crippen LogP contribution is 1.97. The Hall–Kier alpha value is -1.10. The molecular formula is C6H10N2O3. The van der Waals surface area contributed by atoms with Gasteiger partial charge < -0.3 is 10.1 Å². The van der Waals surface area contributed by atoms with E-state index in [-0.39, 0.29) is 5.91 Å². The van der Waals surface area contributed by atoms with Gasteiger partial charge in [0.15, 0.2) is 0 Å². The third-order valence-corrected chi connectivity index (χ3v) is 1.47. The third-order valence-electron chi connectivity index (χ3n) is 1.47. The summed E-state index contributed by atoms with van der Waals surface area (Å²) in [6, 6.07) is -0.835. The number of rotatable bonds is 3. The molecule has 62 valence electrons. The average molecular weight is 158 g/mol. The second-order valence-electron chi connectivity index (χ2n) is 2.30. The molecule has 0 aromatic rings. The van der Waals surface area contributed by atoms with E-state index in [1.54, 1.807) is 7.11 Å². The van der Waals surface area contributed by atoms with Crippen molar-refractivity contribution in [2.45, 2.75) is 12.5 Å². The molecule has 3 amide bonds. The number of carbonyl (C=O) groups is 2. The molecule has 0 radical (unpaired) electrons. The van der Waals surface area contributed by atoms with Crippen LogP contribution in [0.1, 0.15) is 6.42 Å². The third kappa shape index (κ3) is 1.91. The number of imide groups is 1. The Labute approximate surface area is 64.1 Å². The fourth-order valence-electron chi connectivity index (χ4n) is 0.898. The standard InChI is InChI=1S/C6H10N2O3/c1-11-3-2-4-5(9)8-6(10)7-4/h4H,2-3H2,1H3,(H2,7,8,9,10)/t4-/m1/s1. The van der Waals surface area contributed by atoms with E-state index in [0.29, 0.717) is 13.0 Å². The first-order valence-electron chi connectivity index (χ1n) is 3.34. The van der Waals surface area contributed by atoms with E-state index in [0.717, 1.165) is 0 Å². The Bertz CT molecular complexity index is 181. The highest BCUT2D eigenvalue weighted by Gasteiger charge is 2.28. The van der Waals surface area contributed by atoms with Crippen LogP contribution in [0.15, 0.2) is 0 Å². The summed E-state index contributed by atoms with van der Waals surface area (Å²) >= 11 is 0. The molecule has 5 heteroatoms. The fraction of sp³-hybridized carbons (Fsp3) is 0.667. The number of amides is 3. The summed E-state index contributed by atoms with van der Waals surface area (Å²) < 4.78 is 4.76. The Morgan fingerprint density at radius 2 is 2.27 bits per heavy atom. The van der Waals surface area contributed by atoms with Gasteiger partial charge in [0.25, 0.3) is 5.91 Å². The SMILES string of the molecule is COCC[C@H]1NC(=O)NC1=O. The minimum absolute atomic E-state index is 0.271. The smallest absolute Gasteiger partial charge is 0.322 e. The lowest BCUT2D eigenvalue weighted by molar-refractivity contribution is -0.120. The van der Waals surface area contributed by atoms with Crippen molar-refractivity contribution < 1.29 is 14.3 Å². The Morgan fingerprint density at radius 3 is 2.73 bits per heavy atom. The molecule has 2 N–H and O–H groups in total. The summed E-state index contributed by atoms with van der Waals surface area (Å²) in [5, 5.41) is 4.59. The van der Waals surface area contributed by atoms with E-state index < -0.39 is 12.1 Å². The van der Waals surface area contributed by atoms with E-state index in [1.165, 1.54) is 0 Å². The van der Waals surface area contributed by atoms with Gasteiger partial charge in [-0.2, -0.15) is 0 Å². The van der Waals surface area contributed by atoms with Crippen LogP contribution in [0, 0.1) is 0 Å². The molecule has 1 aliphatic rings. The first kappa shape index (κ1) is 8.00. The van der Waals surface area contributed by atoms with Crippen LogP contribution in [0.25, 0.3) is 0 Å². The van der Waals surface area contributed by atoms with Crippen LogP contribution in [0.4, 0.5) is 4.79 Å². The molecular weight excluding hydrogens is 148 g/mol. The van der Waals surface area contributed by atoms with Gasteiger partial charge in [0, 0.05) is 20.1 Å². The van der Waals surface area contributed by atoms with E-state index in [1.807, 2.05) is 0 Å². The zero-order valence-corrected chi connectivity index (χ0v) is 6.22. The number of hydrogen-bond donors (Lipinski definition) is 2. The van der Waals surface area contributed by atoms with Gasteiger partial charge in [0.1, 0.15) is 6.04 Å². The average Bonchev–Trinajstić information content (AvgIpc) is 2.26. The first-order valence-corrected chi connectivity index (χ1v) is 3.34. The Kier molecular flexibility index (Phi) is 2.43. The molecule has 0 bridgehead atoms. The van der Waals surface area contributed by atoms with Crippen molar-refractivity contribution in [3.63, 3.8) is 0 Å². The Morgan fingerprint density at radius 1 is 1.55 bits per heavy atom. The minimum atomic E-state index is -0.420. The van der Waals surface area contributed by atoms with Gasteiger partial charge in [0.2, 0.25) is 0 Å². The lowest BCUT2D eigenvalue weighted by Gasteiger charge is -2.04. The summed E-state index contributed by atoms with van der Waals surface area (Å²) in [6.07, 6.45) is 0.522. The van der Waals surface area contributed by atoms with Crippen LogP contribution in [0.2, 0.25) is 0 Å². The normalized spacial score (nSPS) is 23.2. The van der Waals surface area contributed by atoms with Crippen LogP contribution in [-0.4, -0.2) is 31.7 Å². The van der Waals surface area contributed by atoms with Gasteiger partial charge in [-0.15, -0.1) is 0 Å². The Balaban J connectivity index is 2.34. The summed E-state index contributed by atoms with van der Waals surface area (Å²) in [5.74, 6) is -0.271. The van der Waals surface area contributed by atoms with Gasteiger partial charge >= 0.3 is 6.03 Å². The van der Waals surface area contributed by atoms with Crippen LogP contribution in [-0.2, 0) is 9.53 Å². The van der Waals surface area contributed by atoms with Gasteiger partial charge in [-0.05, 0) is 0 Å². The molecule has 0 aromatic carbocycles. The van der Waals surface area contributed by atoms with E-state index in [2.05, 4.69) is 10.6 Å². The zero-order chi connectivity index (χ0) is 8.27. The molecule has 1 rings (SSSR count). The number of ether oxygens (including phenoxy) is 1. The highest BCUT2D eigenvalue weighted by atomic mass is 16.5. The van der Waals surface area contributed by atoms with Crippen molar-refractivity contribution in [1.82, 2.24) is 10.6 Å². The van der Waals surface area contributed by atoms with Gasteiger partial charge in [0.05, 0.1) is 0 Å². The van der Waals surface area contributed by atoms with Crippen molar-refractivity contribution in [3.8, 4) is 0 Å². The lowest BCUT2D eigenvalue weighted by atomic mass is 10.2. The summed E-state index contributed by atoms with van der Waals surface area (Å²) in [6.45, 7) is 0.471. The molecule has 5 nitrogen and oxygen atoms in total. The monoisotopic (exact) mass is 158 g/mol. The van der Waals surface area contributed by atoms with Gasteiger partial charge in [-0.1, -0.05) is 0 Å². The lowest BCUT2D eigenvalue weighted by Crippen LogP contribution is -2.29. The molecule has 1 saturated heterocycles. The predicted molar refractivity (Wildman–Crippen MR) is 37.0 cm³/mol. The maximum absolute atomic E-state index is 10.8. The van der Waals surface area contributed by atoms with Gasteiger partial charge in [-0.25, -0.2) is 4.79 Å². The molecule has 0 saturated carbocycles. The molecule has 0 aliphatic carbocycles. The highest BCUT2D eigenvalue weighted by molar-refractivity contribution is 6.04. The summed E-state index contributed by atoms with van der Waals surface area (Å²) in [7, 11) is 1.55. The zero-order valence-electron chi connectivity index (χ0n) is 6.22. The molecule has 1 heterocycles. The number of urea groups is 1. The van der Waals surface area contributed by atoms with E-state index in [4.69, 9.17) is 4.74 Å². The second-order valence-corrected chi connectivity index (χ2v) is 2.30. The van der Waals surface area contributed by atoms with Crippen molar-refractivity contribution in [2.75, 3.05) is 13.7 Å². The molecule has 1 aliphatic heterocycles. The fourth-order valence-corrected chi connectivity index (χ4v) is 0.898. The van der Waals surface area contributed by atoms with Crippen molar-refractivity contribution in [2.24, 2.45) is 0 Å². The van der Waals surface area contributed by atoms with Crippen LogP contribution < -0.4 is 10.6 Å². The molecule has 1 atom stereocenters. The molecule has 0 aromatic heterocycles. The number of hydrogen-bond acceptors (Lipinski definition) is 3. The second kappa shape index (κ2) is 3.34. The number of carbonyl (C=O) groups excluding carboxylic acids is 2. The van der Waals surface area contributed by atoms with Crippen LogP contribution in [0.5, 0.6) is 0 Å². The minimum Gasteiger partial charge on any atom is -0.385 e. The molecule has 11 heavy (non-hydrogen) atoms. The van der Waals surface area contributed by atoms with Crippen molar-refractivity contribution in [1.29, 1.82) is 0 Å². The summed E-state index contributed by atoms with van der Waals surface area (Å²) in [4.78, 5) is 21.4. The van der Waals surface area contributed by atoms with Crippen molar-refractivity contribution in [3.05, 3.63) is 0 Å². The van der Waals surface area contributed by atoms with E-state index >= 15 is 0 Å². The molecule has 0 unspecified atom stereocenters. The largest absolute Gasteiger partial charge is 0.385 e. The molecule has 0 spiro atoms. The number of nitrogens with one attached hydrogen (secondary N) is 2. The summed E-state index contributed by atoms with van der Waals surface area (Å²) in [5.41, 5.74) is 0. The van der Waals surface area contributed by atoms with Gasteiger partial charge in [-0.3, -0.25) is 10.1 Å². The quantitative estimate of drug-likeness (QED) is 0.530. The topological polar surface area (TPSA) is 67.4 Å². The van der Waals surface area contributed by atoms with Crippen molar-refractivity contribution >= 4 is 11.9 Å². The first-order chi connectivity index (χ1) is 5.24. The molecule has 1 fully saturated rings. The van der Waals surface area contributed by atoms with Crippen LogP contribution >= 0.6 is 0 Å². The van der Waals surface area contributed by atoms with Crippen LogP contribution in [0.3, 0.4) is 0 Å². The predicted octanol–water partition coefficient (Wildman–Crippen LogP) is -0.769. The van der Waals surface area contributed by atoms with E-state index in [9.17, 15) is 9.59 Å².